The molecule has 4 rings (SSSR count). The molecule has 0 spiro atoms. The van der Waals surface area contributed by atoms with Gasteiger partial charge in [-0.3, -0.25) is 4.90 Å². The fraction of sp³-hybridized carbons (Fsp3) is 0.462. The van der Waals surface area contributed by atoms with Gasteiger partial charge in [-0.1, -0.05) is 0 Å². The molecule has 0 aromatic heterocycles. The van der Waals surface area contributed by atoms with Gasteiger partial charge < -0.3 is 23.8 Å². The van der Waals surface area contributed by atoms with Crippen molar-refractivity contribution in [2.45, 2.75) is 51.3 Å². The van der Waals surface area contributed by atoms with Gasteiger partial charge in [0, 0.05) is 17.4 Å². The van der Waals surface area contributed by atoms with Crippen molar-refractivity contribution in [3.63, 3.8) is 0 Å². The Morgan fingerprint density at radius 1 is 1.05 bits per heavy atom. The summed E-state index contributed by atoms with van der Waals surface area (Å²) in [5.74, 6) is -1.39. The van der Waals surface area contributed by atoms with E-state index in [2.05, 4.69) is 0 Å². The molecular weight excluding hydrogens is 526 g/mol. The highest BCUT2D eigenvalue weighted by atomic mass is 32.1. The molecule has 0 radical (unpaired) electrons. The van der Waals surface area contributed by atoms with Gasteiger partial charge in [-0.15, -0.1) is 0 Å². The topological polar surface area (TPSA) is 67.2 Å². The van der Waals surface area contributed by atoms with Crippen LogP contribution in [0.5, 0.6) is 5.75 Å². The molecule has 0 atom stereocenters. The minimum Gasteiger partial charge on any atom is -0.483 e. The van der Waals surface area contributed by atoms with Crippen LogP contribution in [0, 0.1) is 17.1 Å². The lowest BCUT2D eigenvalue weighted by Gasteiger charge is -2.40. The smallest absolute Gasteiger partial charge is 0.417 e. The van der Waals surface area contributed by atoms with Crippen molar-refractivity contribution < 1.29 is 36.5 Å². The first kappa shape index (κ1) is 28.0. The number of alkyl halides is 3. The first-order valence-electron chi connectivity index (χ1n) is 11.8. The molecule has 0 unspecified atom stereocenters. The molecule has 2 fully saturated rings. The largest absolute Gasteiger partial charge is 0.483 e. The third kappa shape index (κ3) is 5.86. The van der Waals surface area contributed by atoms with Crippen LogP contribution >= 0.6 is 12.2 Å². The standard InChI is InChI=1S/C26H27F4N3O4S/c1-24(2)14-34-15-32(17-6-5-16(11-31)20(9-17)26(28,29)30)23(38)33(24)18-7-8-22(21(27)10-18)37-19-12-35-25(3,4)36-13-19/h5-10,19H,12-15H2,1-4H3. The van der Waals surface area contributed by atoms with Crippen molar-refractivity contribution in [3.8, 4) is 11.8 Å². The fourth-order valence-corrected chi connectivity index (χ4v) is 4.72. The molecule has 2 saturated heterocycles. The summed E-state index contributed by atoms with van der Waals surface area (Å²) in [6.07, 6.45) is -5.24. The lowest BCUT2D eigenvalue weighted by molar-refractivity contribution is -0.269. The van der Waals surface area contributed by atoms with E-state index in [0.717, 1.165) is 12.1 Å². The molecule has 0 N–H and O–H groups in total. The van der Waals surface area contributed by atoms with Gasteiger partial charge >= 0.3 is 6.18 Å². The summed E-state index contributed by atoms with van der Waals surface area (Å²) >= 11 is 5.71. The van der Waals surface area contributed by atoms with Gasteiger partial charge in [-0.25, -0.2) is 4.39 Å². The van der Waals surface area contributed by atoms with Crippen LogP contribution in [0.3, 0.4) is 0 Å². The van der Waals surface area contributed by atoms with Crippen LogP contribution in [0.1, 0.15) is 38.8 Å². The predicted octanol–water partition coefficient (Wildman–Crippen LogP) is 5.61. The zero-order chi connectivity index (χ0) is 27.9. The van der Waals surface area contributed by atoms with E-state index in [-0.39, 0.29) is 43.1 Å². The van der Waals surface area contributed by atoms with Gasteiger partial charge in [0.05, 0.1) is 42.6 Å². The van der Waals surface area contributed by atoms with Gasteiger partial charge in [0.2, 0.25) is 0 Å². The number of thiocarbonyl (C=S) groups is 1. The van der Waals surface area contributed by atoms with Crippen molar-refractivity contribution in [2.24, 2.45) is 0 Å². The highest BCUT2D eigenvalue weighted by molar-refractivity contribution is 7.80. The summed E-state index contributed by atoms with van der Waals surface area (Å²) < 4.78 is 78.6. The molecule has 0 bridgehead atoms. The molecule has 2 aliphatic heterocycles. The fourth-order valence-electron chi connectivity index (χ4n) is 4.21. The second kappa shape index (κ2) is 10.3. The van der Waals surface area contributed by atoms with Crippen LogP contribution < -0.4 is 14.5 Å². The van der Waals surface area contributed by atoms with Gasteiger partial charge in [0.25, 0.3) is 0 Å². The number of rotatable bonds is 4. The van der Waals surface area contributed by atoms with Crippen LogP contribution in [-0.4, -0.2) is 49.1 Å². The predicted molar refractivity (Wildman–Crippen MR) is 135 cm³/mol. The van der Waals surface area contributed by atoms with Gasteiger partial charge in [0.1, 0.15) is 12.8 Å². The van der Waals surface area contributed by atoms with Crippen molar-refractivity contribution in [1.29, 1.82) is 5.26 Å². The number of benzene rings is 2. The van der Waals surface area contributed by atoms with Gasteiger partial charge in [-0.05, 0) is 70.2 Å². The monoisotopic (exact) mass is 553 g/mol. The zero-order valence-corrected chi connectivity index (χ0v) is 22.1. The van der Waals surface area contributed by atoms with Crippen molar-refractivity contribution in [1.82, 2.24) is 0 Å². The van der Waals surface area contributed by atoms with Crippen molar-refractivity contribution in [3.05, 3.63) is 53.3 Å². The van der Waals surface area contributed by atoms with E-state index in [1.807, 2.05) is 13.8 Å². The average molecular weight is 554 g/mol. The maximum absolute atomic E-state index is 15.2. The van der Waals surface area contributed by atoms with E-state index in [4.69, 9.17) is 36.4 Å². The molecule has 0 aliphatic carbocycles. The van der Waals surface area contributed by atoms with Gasteiger partial charge in [0.15, 0.2) is 22.5 Å². The quantitative estimate of drug-likeness (QED) is 0.358. The average Bonchev–Trinajstić information content (AvgIpc) is 2.95. The van der Waals surface area contributed by atoms with E-state index in [9.17, 15) is 13.2 Å². The number of hydrogen-bond acceptors (Lipinski definition) is 6. The molecule has 2 aliphatic rings. The van der Waals surface area contributed by atoms with Gasteiger partial charge in [-0.2, -0.15) is 18.4 Å². The number of hydrogen-bond donors (Lipinski definition) is 0. The SMILES string of the molecule is CC1(C)OCC(Oc2ccc(N3C(=S)N(c4ccc(C#N)c(C(F)(F)F)c4)COCC3(C)C)cc2F)CO1. The maximum atomic E-state index is 15.2. The molecule has 0 amide bonds. The van der Waals surface area contributed by atoms with Crippen molar-refractivity contribution in [2.75, 3.05) is 36.4 Å². The Bertz CT molecular complexity index is 1250. The second-order valence-electron chi connectivity index (χ2n) is 10.1. The highest BCUT2D eigenvalue weighted by Crippen LogP contribution is 2.37. The van der Waals surface area contributed by atoms with E-state index < -0.39 is 40.6 Å². The lowest BCUT2D eigenvalue weighted by Crippen LogP contribution is -2.52. The maximum Gasteiger partial charge on any atom is 0.417 e. The Kier molecular flexibility index (Phi) is 7.60. The van der Waals surface area contributed by atoms with Crippen molar-refractivity contribution >= 4 is 28.7 Å². The third-order valence-electron chi connectivity index (χ3n) is 6.14. The number of anilines is 2. The zero-order valence-electron chi connectivity index (χ0n) is 21.3. The molecule has 7 nitrogen and oxygen atoms in total. The first-order chi connectivity index (χ1) is 17.7. The summed E-state index contributed by atoms with van der Waals surface area (Å²) in [6, 6.07) is 9.21. The van der Waals surface area contributed by atoms with Crippen LogP contribution in [-0.2, 0) is 20.4 Å². The number of halogens is 4. The molecular formula is C26H27F4N3O4S. The second-order valence-corrected chi connectivity index (χ2v) is 10.4. The normalized spacial score (nSPS) is 20.1. The summed E-state index contributed by atoms with van der Waals surface area (Å²) in [6.45, 7) is 7.68. The summed E-state index contributed by atoms with van der Waals surface area (Å²) in [4.78, 5) is 3.00. The Balaban J connectivity index is 1.63. The van der Waals surface area contributed by atoms with Crippen LogP contribution in [0.15, 0.2) is 36.4 Å². The van der Waals surface area contributed by atoms with Crippen LogP contribution in [0.25, 0.3) is 0 Å². The number of nitriles is 1. The summed E-state index contributed by atoms with van der Waals surface area (Å²) in [5.41, 5.74) is -1.92. The number of nitrogens with zero attached hydrogens (tertiary/aromatic N) is 3. The Morgan fingerprint density at radius 3 is 2.32 bits per heavy atom. The molecule has 2 aromatic rings. The summed E-state index contributed by atoms with van der Waals surface area (Å²) in [7, 11) is 0. The number of ether oxygens (including phenoxy) is 4. The minimum absolute atomic E-state index is 0.000722. The molecule has 0 saturated carbocycles. The van der Waals surface area contributed by atoms with Crippen LogP contribution in [0.2, 0.25) is 0 Å². The van der Waals surface area contributed by atoms with E-state index in [1.165, 1.54) is 23.1 Å². The van der Waals surface area contributed by atoms with Crippen LogP contribution in [0.4, 0.5) is 28.9 Å². The molecule has 2 heterocycles. The van der Waals surface area contributed by atoms with E-state index in [0.29, 0.717) is 5.69 Å². The Morgan fingerprint density at radius 2 is 1.71 bits per heavy atom. The molecule has 38 heavy (non-hydrogen) atoms. The highest BCUT2D eigenvalue weighted by Gasteiger charge is 2.39. The third-order valence-corrected chi connectivity index (χ3v) is 6.55. The summed E-state index contributed by atoms with van der Waals surface area (Å²) in [5, 5.41) is 9.24. The Labute approximate surface area is 223 Å². The molecule has 2 aromatic carbocycles. The minimum atomic E-state index is -4.74. The van der Waals surface area contributed by atoms with E-state index >= 15 is 4.39 Å². The molecule has 204 valence electrons. The Hall–Kier alpha value is -2.98. The lowest BCUT2D eigenvalue weighted by atomic mass is 10.0. The molecule has 12 heteroatoms. The van der Waals surface area contributed by atoms with E-state index in [1.54, 1.807) is 30.9 Å². The first-order valence-corrected chi connectivity index (χ1v) is 12.2.